The molecule has 1 amide bonds. The van der Waals surface area contributed by atoms with E-state index in [2.05, 4.69) is 5.32 Å². The lowest BCUT2D eigenvalue weighted by molar-refractivity contribution is -0.120. The molecular formula is C15H25N3O3. The molecule has 6 nitrogen and oxygen atoms in total. The first-order valence-corrected chi connectivity index (χ1v) is 6.89. The zero-order chi connectivity index (χ0) is 16.0. The number of carbonyl (C=O) groups is 1. The molecule has 0 spiro atoms. The van der Waals surface area contributed by atoms with Gasteiger partial charge in [0.15, 0.2) is 0 Å². The van der Waals surface area contributed by atoms with Crippen LogP contribution in [0.1, 0.15) is 12.5 Å². The van der Waals surface area contributed by atoms with Gasteiger partial charge in [-0.3, -0.25) is 9.69 Å². The number of nitrogens with two attached hydrogens (primary N) is 1. The first-order valence-electron chi connectivity index (χ1n) is 6.89. The molecule has 1 rings (SSSR count). The maximum Gasteiger partial charge on any atom is 0.241 e. The van der Waals surface area contributed by atoms with Crippen molar-refractivity contribution in [3.05, 3.63) is 23.8 Å². The van der Waals surface area contributed by atoms with Crippen LogP contribution in [0.4, 0.5) is 11.4 Å². The number of benzene rings is 1. The molecular weight excluding hydrogens is 270 g/mol. The van der Waals surface area contributed by atoms with Crippen molar-refractivity contribution in [1.29, 1.82) is 0 Å². The van der Waals surface area contributed by atoms with Crippen molar-refractivity contribution in [2.75, 3.05) is 38.4 Å². The van der Waals surface area contributed by atoms with E-state index in [4.69, 9.17) is 10.5 Å². The van der Waals surface area contributed by atoms with Crippen LogP contribution in [0, 0.1) is 6.92 Å². The van der Waals surface area contributed by atoms with Gasteiger partial charge in [0.2, 0.25) is 5.91 Å². The number of likely N-dealkylation sites (N-methyl/N-ethyl adjacent to an activating group) is 1. The quantitative estimate of drug-likeness (QED) is 0.649. The van der Waals surface area contributed by atoms with Crippen molar-refractivity contribution in [3.63, 3.8) is 0 Å². The fourth-order valence-electron chi connectivity index (χ4n) is 1.95. The molecule has 0 aromatic heterocycles. The van der Waals surface area contributed by atoms with Gasteiger partial charge in [0.1, 0.15) is 0 Å². The molecule has 4 N–H and O–H groups in total. The summed E-state index contributed by atoms with van der Waals surface area (Å²) >= 11 is 0. The Morgan fingerprint density at radius 1 is 1.52 bits per heavy atom. The number of aliphatic hydroxyl groups is 1. The molecule has 1 aromatic rings. The summed E-state index contributed by atoms with van der Waals surface area (Å²) in [6, 6.07) is 5.01. The molecule has 0 aliphatic rings. The number of aliphatic hydroxyl groups excluding tert-OH is 1. The minimum Gasteiger partial charge on any atom is -0.399 e. The minimum absolute atomic E-state index is 0.143. The average molecular weight is 295 g/mol. The summed E-state index contributed by atoms with van der Waals surface area (Å²) in [5.74, 6) is -0.143. The van der Waals surface area contributed by atoms with Gasteiger partial charge in [0, 0.05) is 25.0 Å². The van der Waals surface area contributed by atoms with E-state index in [0.29, 0.717) is 17.9 Å². The highest BCUT2D eigenvalue weighted by atomic mass is 16.5. The van der Waals surface area contributed by atoms with Crippen LogP contribution in [0.15, 0.2) is 18.2 Å². The van der Waals surface area contributed by atoms with Crippen molar-refractivity contribution < 1.29 is 14.6 Å². The highest BCUT2D eigenvalue weighted by molar-refractivity contribution is 5.95. The Balaban J connectivity index is 2.63. The number of methoxy groups -OCH3 is 1. The predicted molar refractivity (Wildman–Crippen MR) is 84.2 cm³/mol. The van der Waals surface area contributed by atoms with E-state index < -0.39 is 6.10 Å². The molecule has 0 saturated heterocycles. The Morgan fingerprint density at radius 3 is 2.81 bits per heavy atom. The van der Waals surface area contributed by atoms with E-state index >= 15 is 0 Å². The molecule has 2 atom stereocenters. The standard InChI is InChI=1S/C15H25N3O3/c1-10-5-6-12(16)7-14(10)17-15(20)11(2)18(3)8-13(19)9-21-4/h5-7,11,13,19H,8-9,16H2,1-4H3,(H,17,20). The first kappa shape index (κ1) is 17.4. The highest BCUT2D eigenvalue weighted by Gasteiger charge is 2.20. The van der Waals surface area contributed by atoms with Gasteiger partial charge in [-0.25, -0.2) is 0 Å². The smallest absolute Gasteiger partial charge is 0.241 e. The SMILES string of the molecule is COCC(O)CN(C)C(C)C(=O)Nc1cc(N)ccc1C. The molecule has 2 unspecified atom stereocenters. The number of ether oxygens (including phenoxy) is 1. The third kappa shape index (κ3) is 5.34. The third-order valence-electron chi connectivity index (χ3n) is 3.42. The lowest BCUT2D eigenvalue weighted by atomic mass is 10.1. The van der Waals surface area contributed by atoms with Crippen LogP contribution in [0.25, 0.3) is 0 Å². The molecule has 118 valence electrons. The van der Waals surface area contributed by atoms with Gasteiger partial charge in [0.05, 0.1) is 18.8 Å². The number of carbonyl (C=O) groups excluding carboxylic acids is 1. The maximum absolute atomic E-state index is 12.3. The van der Waals surface area contributed by atoms with Gasteiger partial charge >= 0.3 is 0 Å². The number of aryl methyl sites for hydroxylation is 1. The Morgan fingerprint density at radius 2 is 2.19 bits per heavy atom. The number of rotatable bonds is 7. The molecule has 0 heterocycles. The Hall–Kier alpha value is -1.63. The van der Waals surface area contributed by atoms with Gasteiger partial charge < -0.3 is 20.9 Å². The van der Waals surface area contributed by atoms with Crippen molar-refractivity contribution in [1.82, 2.24) is 4.90 Å². The maximum atomic E-state index is 12.3. The van der Waals surface area contributed by atoms with Crippen LogP contribution < -0.4 is 11.1 Å². The monoisotopic (exact) mass is 295 g/mol. The van der Waals surface area contributed by atoms with Gasteiger partial charge in [-0.05, 0) is 38.6 Å². The largest absolute Gasteiger partial charge is 0.399 e. The number of amides is 1. The predicted octanol–water partition coefficient (Wildman–Crippen LogP) is 0.843. The molecule has 6 heteroatoms. The summed E-state index contributed by atoms with van der Waals surface area (Å²) in [4.78, 5) is 14.0. The summed E-state index contributed by atoms with van der Waals surface area (Å²) in [5.41, 5.74) is 7.99. The fourth-order valence-corrected chi connectivity index (χ4v) is 1.95. The van der Waals surface area contributed by atoms with Crippen LogP contribution in [-0.2, 0) is 9.53 Å². The molecule has 21 heavy (non-hydrogen) atoms. The van der Waals surface area contributed by atoms with Gasteiger partial charge in [-0.15, -0.1) is 0 Å². The van der Waals surface area contributed by atoms with E-state index in [-0.39, 0.29) is 18.6 Å². The van der Waals surface area contributed by atoms with Crippen LogP contribution in [0.2, 0.25) is 0 Å². The second-order valence-electron chi connectivity index (χ2n) is 5.29. The van der Waals surface area contributed by atoms with Gasteiger partial charge in [0.25, 0.3) is 0 Å². The van der Waals surface area contributed by atoms with E-state index in [0.717, 1.165) is 5.56 Å². The lowest BCUT2D eigenvalue weighted by Gasteiger charge is -2.26. The summed E-state index contributed by atoms with van der Waals surface area (Å²) in [6.45, 7) is 4.30. The number of nitrogens with zero attached hydrogens (tertiary/aromatic N) is 1. The van der Waals surface area contributed by atoms with E-state index in [1.54, 1.807) is 31.0 Å². The van der Waals surface area contributed by atoms with E-state index in [1.165, 1.54) is 7.11 Å². The Labute approximate surface area is 125 Å². The van der Waals surface area contributed by atoms with Crippen molar-refractivity contribution in [2.24, 2.45) is 0 Å². The highest BCUT2D eigenvalue weighted by Crippen LogP contribution is 2.18. The van der Waals surface area contributed by atoms with Crippen LogP contribution in [0.3, 0.4) is 0 Å². The van der Waals surface area contributed by atoms with Crippen molar-refractivity contribution in [3.8, 4) is 0 Å². The van der Waals surface area contributed by atoms with Crippen LogP contribution in [-0.4, -0.2) is 55.4 Å². The molecule has 0 aliphatic heterocycles. The van der Waals surface area contributed by atoms with Gasteiger partial charge in [-0.1, -0.05) is 6.07 Å². The number of nitrogen functional groups attached to an aromatic ring is 1. The molecule has 0 fully saturated rings. The van der Waals surface area contributed by atoms with E-state index in [1.807, 2.05) is 13.0 Å². The summed E-state index contributed by atoms with van der Waals surface area (Å²) < 4.78 is 4.88. The van der Waals surface area contributed by atoms with Gasteiger partial charge in [-0.2, -0.15) is 0 Å². The van der Waals surface area contributed by atoms with Crippen LogP contribution >= 0.6 is 0 Å². The zero-order valence-corrected chi connectivity index (χ0v) is 13.1. The summed E-state index contributed by atoms with van der Waals surface area (Å²) in [6.07, 6.45) is -0.621. The van der Waals surface area contributed by atoms with E-state index in [9.17, 15) is 9.90 Å². The van der Waals surface area contributed by atoms with Crippen molar-refractivity contribution >= 4 is 17.3 Å². The second kappa shape index (κ2) is 7.97. The van der Waals surface area contributed by atoms with Crippen LogP contribution in [0.5, 0.6) is 0 Å². The lowest BCUT2D eigenvalue weighted by Crippen LogP contribution is -2.44. The zero-order valence-electron chi connectivity index (χ0n) is 13.1. The Bertz CT molecular complexity index is 479. The first-order chi connectivity index (χ1) is 9.85. The average Bonchev–Trinajstić information content (AvgIpc) is 2.42. The molecule has 0 saturated carbocycles. The minimum atomic E-state index is -0.621. The topological polar surface area (TPSA) is 87.8 Å². The summed E-state index contributed by atoms with van der Waals surface area (Å²) in [7, 11) is 3.32. The normalized spacial score (nSPS) is 14.0. The fraction of sp³-hybridized carbons (Fsp3) is 0.533. The number of hydrogen-bond donors (Lipinski definition) is 3. The molecule has 0 bridgehead atoms. The third-order valence-corrected chi connectivity index (χ3v) is 3.42. The van der Waals surface area contributed by atoms with Crippen molar-refractivity contribution in [2.45, 2.75) is 26.0 Å². The summed E-state index contributed by atoms with van der Waals surface area (Å²) in [5, 5.41) is 12.6. The number of anilines is 2. The molecule has 1 aromatic carbocycles. The number of nitrogens with one attached hydrogen (secondary N) is 1. The Kier molecular flexibility index (Phi) is 6.61. The molecule has 0 aliphatic carbocycles. The molecule has 0 radical (unpaired) electrons. The second-order valence-corrected chi connectivity index (χ2v) is 5.29. The number of hydrogen-bond acceptors (Lipinski definition) is 5.